The molecule has 2 nitrogen and oxygen atoms in total. The van der Waals surface area contributed by atoms with Crippen LogP contribution in [0.4, 0.5) is 0 Å². The fourth-order valence-corrected chi connectivity index (χ4v) is 4.13. The van der Waals surface area contributed by atoms with E-state index in [1.807, 2.05) is 0 Å². The van der Waals surface area contributed by atoms with Gasteiger partial charge in [-0.2, -0.15) is 0 Å². The van der Waals surface area contributed by atoms with Crippen molar-refractivity contribution in [2.24, 2.45) is 0 Å². The zero-order chi connectivity index (χ0) is 16.6. The molecule has 122 valence electrons. The number of rotatable bonds is 4. The summed E-state index contributed by atoms with van der Waals surface area (Å²) < 4.78 is 5.48. The molecule has 0 radical (unpaired) electrons. The topological polar surface area (TPSA) is 29.5 Å². The van der Waals surface area contributed by atoms with Crippen molar-refractivity contribution in [1.29, 1.82) is 0 Å². The van der Waals surface area contributed by atoms with Crippen LogP contribution < -0.4 is 0 Å². The first-order valence-electron chi connectivity index (χ1n) is 8.38. The van der Waals surface area contributed by atoms with Gasteiger partial charge in [-0.3, -0.25) is 0 Å². The maximum absolute atomic E-state index is 9.93. The minimum atomic E-state index is 0.111. The lowest BCUT2D eigenvalue weighted by Gasteiger charge is -2.23. The third-order valence-corrected chi connectivity index (χ3v) is 5.34. The average Bonchev–Trinajstić information content (AvgIpc) is 2.96. The molecule has 1 atom stereocenters. The molecular weight excluding hydrogens is 284 g/mol. The number of ether oxygens (including phenoxy) is 1. The summed E-state index contributed by atoms with van der Waals surface area (Å²) in [5.74, 6) is 0.372. The minimum Gasteiger partial charge on any atom is -0.392 e. The van der Waals surface area contributed by atoms with E-state index in [1.165, 1.54) is 38.9 Å². The van der Waals surface area contributed by atoms with E-state index in [-0.39, 0.29) is 6.61 Å². The molecule has 1 aliphatic carbocycles. The van der Waals surface area contributed by atoms with Gasteiger partial charge in [0.15, 0.2) is 0 Å². The minimum absolute atomic E-state index is 0.111. The van der Waals surface area contributed by atoms with Gasteiger partial charge in [-0.15, -0.1) is 0 Å². The molecule has 2 aromatic rings. The monoisotopic (exact) mass is 310 g/mol. The largest absolute Gasteiger partial charge is 0.392 e. The predicted molar refractivity (Wildman–Crippen MR) is 93.9 cm³/mol. The van der Waals surface area contributed by atoms with E-state index >= 15 is 0 Å². The highest BCUT2D eigenvalue weighted by molar-refractivity contribution is 5.54. The zero-order valence-corrected chi connectivity index (χ0v) is 14.6. The number of aliphatic hydroxyl groups excluding tert-OH is 1. The van der Waals surface area contributed by atoms with Gasteiger partial charge in [0.25, 0.3) is 0 Å². The summed E-state index contributed by atoms with van der Waals surface area (Å²) in [4.78, 5) is 0. The van der Waals surface area contributed by atoms with Gasteiger partial charge in [0.1, 0.15) is 0 Å². The molecule has 0 saturated heterocycles. The molecular formula is C21H26O2. The first kappa shape index (κ1) is 16.2. The number of fused-ring (bicyclic) bond motifs is 1. The number of aryl methyl sites for hydroxylation is 4. The lowest BCUT2D eigenvalue weighted by Crippen LogP contribution is -2.09. The fourth-order valence-electron chi connectivity index (χ4n) is 4.13. The molecule has 0 amide bonds. The SMILES string of the molecule is COCc1c(C)ccc2c1C(c1c(C)ccc(C)c1CO)CC2. The van der Waals surface area contributed by atoms with Gasteiger partial charge >= 0.3 is 0 Å². The smallest absolute Gasteiger partial charge is 0.0718 e. The Labute approximate surface area is 139 Å². The first-order valence-corrected chi connectivity index (χ1v) is 8.38. The summed E-state index contributed by atoms with van der Waals surface area (Å²) in [6.45, 7) is 7.19. The fraction of sp³-hybridized carbons (Fsp3) is 0.429. The maximum Gasteiger partial charge on any atom is 0.0718 e. The van der Waals surface area contributed by atoms with Gasteiger partial charge < -0.3 is 9.84 Å². The molecule has 3 rings (SSSR count). The second kappa shape index (κ2) is 6.46. The zero-order valence-electron chi connectivity index (χ0n) is 14.6. The summed E-state index contributed by atoms with van der Waals surface area (Å²) >= 11 is 0. The van der Waals surface area contributed by atoms with Crippen LogP contribution in [0.25, 0.3) is 0 Å². The van der Waals surface area contributed by atoms with Crippen LogP contribution in [0.15, 0.2) is 24.3 Å². The van der Waals surface area contributed by atoms with E-state index in [9.17, 15) is 5.11 Å². The highest BCUT2D eigenvalue weighted by Gasteiger charge is 2.30. The third-order valence-electron chi connectivity index (χ3n) is 5.34. The van der Waals surface area contributed by atoms with Crippen LogP contribution in [0.1, 0.15) is 56.8 Å². The summed E-state index contributed by atoms with van der Waals surface area (Å²) in [5, 5.41) is 9.93. The normalized spacial score (nSPS) is 16.7. The molecule has 0 spiro atoms. The Kier molecular flexibility index (Phi) is 4.56. The van der Waals surface area contributed by atoms with Crippen LogP contribution in [0.3, 0.4) is 0 Å². The molecule has 1 aliphatic rings. The van der Waals surface area contributed by atoms with Crippen LogP contribution in [0.5, 0.6) is 0 Å². The predicted octanol–water partition coefficient (Wildman–Crippen LogP) is 4.33. The number of aliphatic hydroxyl groups is 1. The van der Waals surface area contributed by atoms with E-state index in [2.05, 4.69) is 45.0 Å². The van der Waals surface area contributed by atoms with Crippen molar-refractivity contribution in [2.75, 3.05) is 7.11 Å². The van der Waals surface area contributed by atoms with Gasteiger partial charge in [-0.1, -0.05) is 24.3 Å². The molecule has 0 saturated carbocycles. The quantitative estimate of drug-likeness (QED) is 0.911. The Balaban J connectivity index is 2.21. The van der Waals surface area contributed by atoms with Gasteiger partial charge in [-0.05, 0) is 78.1 Å². The molecule has 23 heavy (non-hydrogen) atoms. The molecule has 0 aromatic heterocycles. The molecule has 1 unspecified atom stereocenters. The number of hydrogen-bond acceptors (Lipinski definition) is 2. The Morgan fingerprint density at radius 2 is 1.61 bits per heavy atom. The molecule has 0 fully saturated rings. The van der Waals surface area contributed by atoms with Crippen LogP contribution in [-0.4, -0.2) is 12.2 Å². The Morgan fingerprint density at radius 3 is 2.30 bits per heavy atom. The number of benzene rings is 2. The summed E-state index contributed by atoms with van der Waals surface area (Å²) in [7, 11) is 1.76. The third kappa shape index (κ3) is 2.71. The first-order chi connectivity index (χ1) is 11.1. The van der Waals surface area contributed by atoms with Crippen molar-refractivity contribution in [1.82, 2.24) is 0 Å². The van der Waals surface area contributed by atoms with Crippen LogP contribution in [0, 0.1) is 20.8 Å². The standard InChI is InChI=1S/C21H26O2/c1-13-5-6-15(3)20(18(13)11-22)17-10-9-16-8-7-14(2)19(12-23-4)21(16)17/h5-8,17,22H,9-12H2,1-4H3. The lowest BCUT2D eigenvalue weighted by molar-refractivity contribution is 0.183. The molecule has 1 N–H and O–H groups in total. The van der Waals surface area contributed by atoms with Crippen LogP contribution >= 0.6 is 0 Å². The highest BCUT2D eigenvalue weighted by atomic mass is 16.5. The van der Waals surface area contributed by atoms with Crippen LogP contribution in [-0.2, 0) is 24.4 Å². The van der Waals surface area contributed by atoms with Gasteiger partial charge in [0, 0.05) is 13.0 Å². The van der Waals surface area contributed by atoms with E-state index in [0.717, 1.165) is 18.4 Å². The van der Waals surface area contributed by atoms with E-state index in [1.54, 1.807) is 7.11 Å². The second-order valence-electron chi connectivity index (χ2n) is 6.71. The molecule has 0 bridgehead atoms. The Hall–Kier alpha value is -1.64. The van der Waals surface area contributed by atoms with Gasteiger partial charge in [-0.25, -0.2) is 0 Å². The van der Waals surface area contributed by atoms with E-state index < -0.39 is 0 Å². The van der Waals surface area contributed by atoms with E-state index in [4.69, 9.17) is 4.74 Å². The second-order valence-corrected chi connectivity index (χ2v) is 6.71. The Morgan fingerprint density at radius 1 is 0.957 bits per heavy atom. The number of methoxy groups -OCH3 is 1. The van der Waals surface area contributed by atoms with Crippen molar-refractivity contribution >= 4 is 0 Å². The molecule has 0 aliphatic heterocycles. The molecule has 0 heterocycles. The van der Waals surface area contributed by atoms with Crippen molar-refractivity contribution in [3.8, 4) is 0 Å². The summed E-state index contributed by atoms with van der Waals surface area (Å²) in [6, 6.07) is 8.79. The highest BCUT2D eigenvalue weighted by Crippen LogP contribution is 2.44. The molecule has 2 heteroatoms. The van der Waals surface area contributed by atoms with Crippen molar-refractivity contribution in [3.63, 3.8) is 0 Å². The Bertz CT molecular complexity index is 731. The van der Waals surface area contributed by atoms with Gasteiger partial charge in [0.05, 0.1) is 13.2 Å². The van der Waals surface area contributed by atoms with Crippen molar-refractivity contribution < 1.29 is 9.84 Å². The number of hydrogen-bond donors (Lipinski definition) is 1. The summed E-state index contributed by atoms with van der Waals surface area (Å²) in [6.07, 6.45) is 2.22. The average molecular weight is 310 g/mol. The van der Waals surface area contributed by atoms with Crippen molar-refractivity contribution in [2.45, 2.75) is 52.7 Å². The summed E-state index contributed by atoms with van der Waals surface area (Å²) in [5.41, 5.74) is 10.4. The van der Waals surface area contributed by atoms with Crippen LogP contribution in [0.2, 0.25) is 0 Å². The van der Waals surface area contributed by atoms with Crippen molar-refractivity contribution in [3.05, 3.63) is 68.8 Å². The lowest BCUT2D eigenvalue weighted by atomic mass is 9.82. The van der Waals surface area contributed by atoms with E-state index in [0.29, 0.717) is 12.5 Å². The maximum atomic E-state index is 9.93. The molecule has 2 aromatic carbocycles. The van der Waals surface area contributed by atoms with Gasteiger partial charge in [0.2, 0.25) is 0 Å².